The standard InChI is InChI=1S/C11H12BrIO/c1-3-8-6-9(13)4-5-10(8)11(12)7(2)14/h4-6,11H,3H2,1-2H3. The zero-order valence-electron chi connectivity index (χ0n) is 8.18. The summed E-state index contributed by atoms with van der Waals surface area (Å²) in [6.07, 6.45) is 0.960. The van der Waals surface area contributed by atoms with Crippen molar-refractivity contribution in [2.45, 2.75) is 25.1 Å². The van der Waals surface area contributed by atoms with Crippen LogP contribution < -0.4 is 0 Å². The number of alkyl halides is 1. The number of Topliss-reactive ketones (excluding diaryl/α,β-unsaturated/α-hetero) is 1. The predicted molar refractivity (Wildman–Crippen MR) is 70.9 cm³/mol. The molecular weight excluding hydrogens is 355 g/mol. The molecule has 1 atom stereocenters. The molecule has 0 fully saturated rings. The van der Waals surface area contributed by atoms with Gasteiger partial charge >= 0.3 is 0 Å². The van der Waals surface area contributed by atoms with Crippen LogP contribution >= 0.6 is 38.5 Å². The van der Waals surface area contributed by atoms with Gasteiger partial charge in [0.05, 0.1) is 4.83 Å². The molecule has 1 rings (SSSR count). The molecule has 14 heavy (non-hydrogen) atoms. The van der Waals surface area contributed by atoms with Gasteiger partial charge in [-0.2, -0.15) is 0 Å². The van der Waals surface area contributed by atoms with Crippen molar-refractivity contribution in [3.8, 4) is 0 Å². The summed E-state index contributed by atoms with van der Waals surface area (Å²) < 4.78 is 1.21. The summed E-state index contributed by atoms with van der Waals surface area (Å²) in [5, 5.41) is 0. The van der Waals surface area contributed by atoms with E-state index in [1.807, 2.05) is 12.1 Å². The quantitative estimate of drug-likeness (QED) is 0.586. The van der Waals surface area contributed by atoms with Gasteiger partial charge < -0.3 is 0 Å². The smallest absolute Gasteiger partial charge is 0.147 e. The SMILES string of the molecule is CCc1cc(I)ccc1C(Br)C(C)=O. The number of benzene rings is 1. The molecule has 0 aromatic heterocycles. The summed E-state index contributed by atoms with van der Waals surface area (Å²) in [5.74, 6) is 0.154. The maximum atomic E-state index is 11.2. The normalized spacial score (nSPS) is 12.6. The van der Waals surface area contributed by atoms with E-state index in [1.54, 1.807) is 6.92 Å². The molecule has 1 unspecified atom stereocenters. The molecule has 1 aromatic rings. The first-order valence-electron chi connectivity index (χ1n) is 4.49. The Balaban J connectivity index is 3.13. The van der Waals surface area contributed by atoms with Gasteiger partial charge in [-0.1, -0.05) is 28.9 Å². The molecule has 76 valence electrons. The monoisotopic (exact) mass is 366 g/mol. The van der Waals surface area contributed by atoms with Crippen LogP contribution in [-0.4, -0.2) is 5.78 Å². The van der Waals surface area contributed by atoms with Crippen molar-refractivity contribution in [3.63, 3.8) is 0 Å². The van der Waals surface area contributed by atoms with Crippen molar-refractivity contribution < 1.29 is 4.79 Å². The van der Waals surface area contributed by atoms with E-state index in [0.717, 1.165) is 12.0 Å². The van der Waals surface area contributed by atoms with E-state index >= 15 is 0 Å². The van der Waals surface area contributed by atoms with Crippen molar-refractivity contribution in [1.29, 1.82) is 0 Å². The van der Waals surface area contributed by atoms with E-state index in [4.69, 9.17) is 0 Å². The first kappa shape index (κ1) is 12.2. The number of carbonyl (C=O) groups excluding carboxylic acids is 1. The van der Waals surface area contributed by atoms with E-state index in [0.29, 0.717) is 0 Å². The molecule has 0 radical (unpaired) electrons. The van der Waals surface area contributed by atoms with Crippen LogP contribution in [0.3, 0.4) is 0 Å². The predicted octanol–water partition coefficient (Wildman–Crippen LogP) is 3.88. The lowest BCUT2D eigenvalue weighted by Crippen LogP contribution is -2.04. The number of rotatable bonds is 3. The van der Waals surface area contributed by atoms with E-state index in [-0.39, 0.29) is 10.6 Å². The zero-order valence-corrected chi connectivity index (χ0v) is 11.9. The maximum Gasteiger partial charge on any atom is 0.147 e. The molecule has 0 saturated heterocycles. The van der Waals surface area contributed by atoms with Crippen LogP contribution in [-0.2, 0) is 11.2 Å². The second kappa shape index (κ2) is 5.26. The molecule has 0 aliphatic heterocycles. The molecule has 0 heterocycles. The minimum Gasteiger partial charge on any atom is -0.298 e. The Hall–Kier alpha value is 0.1000. The Morgan fingerprint density at radius 2 is 2.21 bits per heavy atom. The van der Waals surface area contributed by atoms with Crippen molar-refractivity contribution in [2.75, 3.05) is 0 Å². The fourth-order valence-electron chi connectivity index (χ4n) is 1.35. The number of hydrogen-bond donors (Lipinski definition) is 0. The molecular formula is C11H12BrIO. The Labute approximate surface area is 107 Å². The third-order valence-corrected chi connectivity index (χ3v) is 3.92. The Morgan fingerprint density at radius 3 is 2.71 bits per heavy atom. The van der Waals surface area contributed by atoms with Gasteiger partial charge in [-0.3, -0.25) is 4.79 Å². The van der Waals surface area contributed by atoms with Crippen LogP contribution in [0.15, 0.2) is 18.2 Å². The van der Waals surface area contributed by atoms with Gasteiger partial charge in [-0.25, -0.2) is 0 Å². The Kier molecular flexibility index (Phi) is 4.57. The number of carbonyl (C=O) groups is 1. The topological polar surface area (TPSA) is 17.1 Å². The molecule has 1 aromatic carbocycles. The lowest BCUT2D eigenvalue weighted by Gasteiger charge is -2.11. The fourth-order valence-corrected chi connectivity index (χ4v) is 2.35. The van der Waals surface area contributed by atoms with Gasteiger partial charge in [-0.15, -0.1) is 0 Å². The highest BCUT2D eigenvalue weighted by Gasteiger charge is 2.15. The van der Waals surface area contributed by atoms with E-state index in [2.05, 4.69) is 51.5 Å². The number of aryl methyl sites for hydroxylation is 1. The maximum absolute atomic E-state index is 11.2. The molecule has 0 amide bonds. The van der Waals surface area contributed by atoms with Gasteiger partial charge in [0.15, 0.2) is 0 Å². The molecule has 0 bridgehead atoms. The first-order valence-corrected chi connectivity index (χ1v) is 6.48. The van der Waals surface area contributed by atoms with Gasteiger partial charge in [0.25, 0.3) is 0 Å². The van der Waals surface area contributed by atoms with Crippen LogP contribution in [0.2, 0.25) is 0 Å². The summed E-state index contributed by atoms with van der Waals surface area (Å²) in [4.78, 5) is 11.1. The van der Waals surface area contributed by atoms with Crippen LogP contribution in [0.5, 0.6) is 0 Å². The summed E-state index contributed by atoms with van der Waals surface area (Å²) in [6.45, 7) is 3.71. The zero-order chi connectivity index (χ0) is 10.7. The van der Waals surface area contributed by atoms with Gasteiger partial charge in [0, 0.05) is 3.57 Å². The fraction of sp³-hybridized carbons (Fsp3) is 0.364. The first-order chi connectivity index (χ1) is 6.56. The highest BCUT2D eigenvalue weighted by atomic mass is 127. The van der Waals surface area contributed by atoms with Crippen LogP contribution in [0.1, 0.15) is 29.8 Å². The molecule has 0 saturated carbocycles. The summed E-state index contributed by atoms with van der Waals surface area (Å²) >= 11 is 5.70. The second-order valence-corrected chi connectivity index (χ2v) is 5.33. The molecule has 0 aliphatic rings. The largest absolute Gasteiger partial charge is 0.298 e. The minimum absolute atomic E-state index is 0.154. The van der Waals surface area contributed by atoms with Crippen molar-refractivity contribution in [2.24, 2.45) is 0 Å². The molecule has 3 heteroatoms. The van der Waals surface area contributed by atoms with E-state index < -0.39 is 0 Å². The molecule has 0 N–H and O–H groups in total. The van der Waals surface area contributed by atoms with E-state index in [1.165, 1.54) is 9.13 Å². The highest BCUT2D eigenvalue weighted by molar-refractivity contribution is 14.1. The van der Waals surface area contributed by atoms with Gasteiger partial charge in [0.1, 0.15) is 5.78 Å². The summed E-state index contributed by atoms with van der Waals surface area (Å²) in [7, 11) is 0. The molecule has 0 spiro atoms. The number of halogens is 2. The van der Waals surface area contributed by atoms with Gasteiger partial charge in [0.2, 0.25) is 0 Å². The van der Waals surface area contributed by atoms with Crippen LogP contribution in [0.25, 0.3) is 0 Å². The van der Waals surface area contributed by atoms with Crippen molar-refractivity contribution in [3.05, 3.63) is 32.9 Å². The number of ketones is 1. The third kappa shape index (κ3) is 2.79. The highest BCUT2D eigenvalue weighted by Crippen LogP contribution is 2.28. The second-order valence-electron chi connectivity index (χ2n) is 3.17. The van der Waals surface area contributed by atoms with Crippen LogP contribution in [0, 0.1) is 3.57 Å². The molecule has 1 nitrogen and oxygen atoms in total. The average Bonchev–Trinajstić information content (AvgIpc) is 2.16. The van der Waals surface area contributed by atoms with Crippen molar-refractivity contribution >= 4 is 44.3 Å². The number of hydrogen-bond acceptors (Lipinski definition) is 1. The molecule has 0 aliphatic carbocycles. The van der Waals surface area contributed by atoms with Crippen LogP contribution in [0.4, 0.5) is 0 Å². The Morgan fingerprint density at radius 1 is 1.57 bits per heavy atom. The minimum atomic E-state index is -0.158. The van der Waals surface area contributed by atoms with E-state index in [9.17, 15) is 4.79 Å². The summed E-state index contributed by atoms with van der Waals surface area (Å²) in [5.41, 5.74) is 2.34. The lowest BCUT2D eigenvalue weighted by molar-refractivity contribution is -0.116. The van der Waals surface area contributed by atoms with Crippen molar-refractivity contribution in [1.82, 2.24) is 0 Å². The average molecular weight is 367 g/mol. The third-order valence-electron chi connectivity index (χ3n) is 2.12. The van der Waals surface area contributed by atoms with Gasteiger partial charge in [-0.05, 0) is 59.2 Å². The summed E-state index contributed by atoms with van der Waals surface area (Å²) in [6, 6.07) is 6.20. The lowest BCUT2D eigenvalue weighted by atomic mass is 10.0. The Bertz CT molecular complexity index is 349.